The summed E-state index contributed by atoms with van der Waals surface area (Å²) in [4.78, 5) is 65.7. The molecule has 5 amide bonds. The van der Waals surface area contributed by atoms with E-state index >= 15 is 0 Å². The second-order valence-corrected chi connectivity index (χ2v) is 8.66. The fourth-order valence-electron chi connectivity index (χ4n) is 4.24. The van der Waals surface area contributed by atoms with Gasteiger partial charge in [-0.3, -0.25) is 24.0 Å². The van der Waals surface area contributed by atoms with Crippen molar-refractivity contribution >= 4 is 29.5 Å². The average Bonchev–Trinajstić information content (AvgIpc) is 3.40. The Kier molecular flexibility index (Phi) is 2.99. The third-order valence-electron chi connectivity index (χ3n) is 6.15. The number of carbonyl (C=O) groups is 5. The predicted molar refractivity (Wildman–Crippen MR) is 121 cm³/mol. The van der Waals surface area contributed by atoms with E-state index in [2.05, 4.69) is 0 Å². The van der Waals surface area contributed by atoms with Gasteiger partial charge in [0.1, 0.15) is 18.1 Å². The van der Waals surface area contributed by atoms with E-state index in [4.69, 9.17) is 31.8 Å². The molecule has 0 aromatic carbocycles. The van der Waals surface area contributed by atoms with Crippen LogP contribution in [0.4, 0.5) is 13.2 Å². The molecule has 6 atom stereocenters. The summed E-state index contributed by atoms with van der Waals surface area (Å²) in [6.45, 7) is -25.0. The van der Waals surface area contributed by atoms with Gasteiger partial charge in [-0.25, -0.2) is 0 Å². The van der Waals surface area contributed by atoms with Crippen LogP contribution in [-0.2, 0) is 24.0 Å². The van der Waals surface area contributed by atoms with Gasteiger partial charge < -0.3 is 26.6 Å². The number of hydrogen-bond acceptors (Lipinski definition) is 5. The Bertz CT molecular complexity index is 1560. The van der Waals surface area contributed by atoms with Gasteiger partial charge in [0.15, 0.2) is 0 Å². The number of likely N-dealkylation sites (tertiary alicyclic amines) is 1. The molecular weight excluding hydrogens is 483 g/mol. The average molecular weight is 537 g/mol. The summed E-state index contributed by atoms with van der Waals surface area (Å²) >= 11 is 0. The number of amides is 5. The van der Waals surface area contributed by atoms with Crippen LogP contribution in [0.15, 0.2) is 0 Å². The lowest BCUT2D eigenvalue weighted by atomic mass is 9.85. The minimum atomic E-state index is -6.05. The summed E-state index contributed by atoms with van der Waals surface area (Å²) in [5, 5.41) is 4.33. The number of nitrogens with zero attached hydrogens (tertiary/aromatic N) is 1. The van der Waals surface area contributed by atoms with Gasteiger partial charge in [0.05, 0.1) is 0 Å². The Balaban J connectivity index is 2.30. The third-order valence-corrected chi connectivity index (χ3v) is 6.15. The Labute approximate surface area is 233 Å². The van der Waals surface area contributed by atoms with Gasteiger partial charge in [0, 0.05) is 45.0 Å². The predicted octanol–water partition coefficient (Wildman–Crippen LogP) is 0.0589. The maximum absolute atomic E-state index is 14.4. The highest BCUT2D eigenvalue weighted by Crippen LogP contribution is 2.65. The van der Waals surface area contributed by atoms with Crippen LogP contribution in [0.3, 0.4) is 0 Å². The molecule has 0 radical (unpaired) electrons. The molecule has 2 heterocycles. The lowest BCUT2D eigenvalue weighted by Gasteiger charge is -2.38. The molecule has 36 heavy (non-hydrogen) atoms. The first kappa shape index (κ1) is 11.7. The van der Waals surface area contributed by atoms with Crippen LogP contribution in [0, 0.1) is 28.6 Å². The number of piperidine rings is 1. The largest absolute Gasteiger partial charge is 0.471 e. The highest BCUT2D eigenvalue weighted by molar-refractivity contribution is 5.96. The molecular formula is C23H34F3N5O5. The summed E-state index contributed by atoms with van der Waals surface area (Å²) in [6, 6.07) is -8.68. The highest BCUT2D eigenvalue weighted by Gasteiger charge is 2.70. The number of alkyl halides is 3. The van der Waals surface area contributed by atoms with Crippen molar-refractivity contribution in [3.63, 3.8) is 0 Å². The minimum Gasteiger partial charge on any atom is -0.368 e. The molecule has 3 rings (SSSR count). The number of carbonyl (C=O) groups excluding carboxylic acids is 5. The maximum atomic E-state index is 14.4. The number of halogens is 3. The molecule has 0 spiro atoms. The van der Waals surface area contributed by atoms with Gasteiger partial charge in [0.2, 0.25) is 23.6 Å². The molecule has 10 nitrogen and oxygen atoms in total. The van der Waals surface area contributed by atoms with Gasteiger partial charge in [-0.2, -0.15) is 13.2 Å². The van der Waals surface area contributed by atoms with E-state index in [0.717, 1.165) is 5.32 Å². The van der Waals surface area contributed by atoms with E-state index in [1.807, 2.05) is 5.32 Å². The normalized spacial score (nSPS) is 40.9. The zero-order chi connectivity index (χ0) is 43.5. The van der Waals surface area contributed by atoms with Crippen molar-refractivity contribution in [2.24, 2.45) is 34.3 Å². The van der Waals surface area contributed by atoms with Gasteiger partial charge >= 0.3 is 12.1 Å². The SMILES string of the molecule is [2H]C([2H])([2H])C1(C([2H])([2H])[2H])[C@@H]2[C@@H](C(=O)N[C@@H](C[C@H]3C(=O)NC([2H])([2H])C3([2H])[2H])C(N)=O)N(C(=O)[C@@H](NC(=O)C(F)(F)F)C(C([2H])([2H])[2H])(C([2H])([2H])[2H])C([2H])([2H])[2H])C[C@@H]21. The van der Waals surface area contributed by atoms with Crippen LogP contribution in [0.5, 0.6) is 0 Å². The highest BCUT2D eigenvalue weighted by atomic mass is 19.4. The first-order valence-electron chi connectivity index (χ1n) is 19.7. The summed E-state index contributed by atoms with van der Waals surface area (Å²) < 4.78 is 192. The standard InChI is InChI=1S/C23H34F3N5O5/c1-21(2,3)15(30-20(36)23(24,25)26)19(35)31-9-11-13(22(11,4)5)14(31)18(34)29-12(16(27)32)8-10-6-7-28-17(10)33/h10-15H,6-9H2,1-5H3,(H2,27,32)(H,28,33)(H,29,34)(H,30,36)/t10-,11-,12-,13-,14-,15+/m0/s1/i1D3,2D3,3D3,4D3,5D3,6D2,7D2. The van der Waals surface area contributed by atoms with E-state index in [9.17, 15) is 37.1 Å². The van der Waals surface area contributed by atoms with Crippen molar-refractivity contribution in [2.45, 2.75) is 71.4 Å². The Hall–Kier alpha value is -2.86. The van der Waals surface area contributed by atoms with Crippen LogP contribution in [0.2, 0.25) is 0 Å². The van der Waals surface area contributed by atoms with Crippen LogP contribution >= 0.6 is 0 Å². The molecule has 5 N–H and O–H groups in total. The van der Waals surface area contributed by atoms with Crippen LogP contribution in [-0.4, -0.2) is 71.8 Å². The second kappa shape index (κ2) is 9.22. The van der Waals surface area contributed by atoms with Crippen molar-refractivity contribution in [1.29, 1.82) is 0 Å². The van der Waals surface area contributed by atoms with E-state index in [1.54, 1.807) is 5.32 Å². The molecule has 0 unspecified atom stereocenters. The van der Waals surface area contributed by atoms with E-state index in [-0.39, 0.29) is 4.90 Å². The van der Waals surface area contributed by atoms with Crippen LogP contribution < -0.4 is 21.7 Å². The van der Waals surface area contributed by atoms with Crippen LogP contribution in [0.25, 0.3) is 0 Å². The Morgan fingerprint density at radius 1 is 1.25 bits per heavy atom. The molecule has 1 saturated carbocycles. The van der Waals surface area contributed by atoms with Crippen molar-refractivity contribution in [3.8, 4) is 0 Å². The molecule has 13 heteroatoms. The zero-order valence-electron chi connectivity index (χ0n) is 37.1. The maximum Gasteiger partial charge on any atom is 0.471 e. The summed E-state index contributed by atoms with van der Waals surface area (Å²) in [6.07, 6.45) is -10.3. The summed E-state index contributed by atoms with van der Waals surface area (Å²) in [7, 11) is 0. The van der Waals surface area contributed by atoms with Crippen molar-refractivity contribution in [1.82, 2.24) is 20.9 Å². The van der Waals surface area contributed by atoms with Crippen molar-refractivity contribution in [2.75, 3.05) is 13.0 Å². The first-order chi connectivity index (χ1) is 24.1. The topological polar surface area (TPSA) is 151 Å². The molecule has 2 aliphatic heterocycles. The fraction of sp³-hybridized carbons (Fsp3) is 0.783. The Morgan fingerprint density at radius 2 is 1.92 bits per heavy atom. The van der Waals surface area contributed by atoms with E-state index < -0.39 is 143 Å². The Morgan fingerprint density at radius 3 is 2.42 bits per heavy atom. The number of fused-ring (bicyclic) bond motifs is 1. The molecule has 3 fully saturated rings. The van der Waals surface area contributed by atoms with Gasteiger partial charge in [-0.1, -0.05) is 34.3 Å². The third kappa shape index (κ3) is 5.29. The number of primary amides is 1. The number of nitrogens with two attached hydrogens (primary N) is 1. The lowest BCUT2D eigenvalue weighted by Crippen LogP contribution is -2.61. The molecule has 0 bridgehead atoms. The lowest BCUT2D eigenvalue weighted by molar-refractivity contribution is -0.176. The molecule has 0 aromatic rings. The molecule has 0 aromatic heterocycles. The van der Waals surface area contributed by atoms with Gasteiger partial charge in [-0.15, -0.1) is 0 Å². The molecule has 3 aliphatic rings. The first-order valence-corrected chi connectivity index (χ1v) is 10.2. The van der Waals surface area contributed by atoms with Gasteiger partial charge in [-0.05, 0) is 35.5 Å². The quantitative estimate of drug-likeness (QED) is 0.363. The smallest absolute Gasteiger partial charge is 0.368 e. The van der Waals surface area contributed by atoms with Crippen molar-refractivity contribution in [3.05, 3.63) is 0 Å². The number of rotatable bonds is 7. The summed E-state index contributed by atoms with van der Waals surface area (Å²) in [5.74, 6) is -16.4. The van der Waals surface area contributed by atoms with Crippen molar-refractivity contribution < 1.29 is 63.2 Å². The molecule has 202 valence electrons. The monoisotopic (exact) mass is 536 g/mol. The fourth-order valence-corrected chi connectivity index (χ4v) is 4.24. The second-order valence-electron chi connectivity index (χ2n) is 8.66. The summed E-state index contributed by atoms with van der Waals surface area (Å²) in [5.41, 5.74) is -2.23. The van der Waals surface area contributed by atoms with Gasteiger partial charge in [0.25, 0.3) is 0 Å². The van der Waals surface area contributed by atoms with E-state index in [1.165, 1.54) is 0 Å². The minimum absolute atomic E-state index is 0.0298. The molecule has 2 saturated heterocycles. The number of nitrogens with one attached hydrogen (secondary N) is 3. The van der Waals surface area contributed by atoms with E-state index in [0.29, 0.717) is 0 Å². The number of hydrogen-bond donors (Lipinski definition) is 4. The molecule has 1 aliphatic carbocycles. The zero-order valence-corrected chi connectivity index (χ0v) is 18.1. The van der Waals surface area contributed by atoms with Crippen LogP contribution in [0.1, 0.15) is 73.1 Å².